The van der Waals surface area contributed by atoms with Crippen molar-refractivity contribution in [2.24, 2.45) is 5.92 Å². The number of piperidine rings is 1. The van der Waals surface area contributed by atoms with E-state index >= 15 is 0 Å². The monoisotopic (exact) mass is 451 g/mol. The average Bonchev–Trinajstić information content (AvgIpc) is 3.14. The number of amides is 2. The number of halogens is 2. The fourth-order valence-corrected chi connectivity index (χ4v) is 5.52. The Morgan fingerprint density at radius 2 is 2.10 bits per heavy atom. The second-order valence-corrected chi connectivity index (χ2v) is 10.2. The summed E-state index contributed by atoms with van der Waals surface area (Å²) < 4.78 is 0.854. The van der Waals surface area contributed by atoms with E-state index in [0.717, 1.165) is 25.7 Å². The second-order valence-electron chi connectivity index (χ2n) is 8.58. The molecular weight excluding hydrogens is 429 g/mol. The molecule has 5 rings (SSSR count). The highest BCUT2D eigenvalue weighted by Crippen LogP contribution is 2.48. The minimum atomic E-state index is -0.796. The molecule has 3 fully saturated rings. The summed E-state index contributed by atoms with van der Waals surface area (Å²) >= 11 is 12.6. The van der Waals surface area contributed by atoms with Crippen molar-refractivity contribution in [3.05, 3.63) is 12.7 Å². The Bertz CT molecular complexity index is 1010. The summed E-state index contributed by atoms with van der Waals surface area (Å²) in [4.78, 5) is 40.3. The van der Waals surface area contributed by atoms with Crippen LogP contribution in [0.1, 0.15) is 38.5 Å². The molecule has 2 aromatic heterocycles. The van der Waals surface area contributed by atoms with Crippen molar-refractivity contribution >= 4 is 52.0 Å². The maximum Gasteiger partial charge on any atom is 0.243 e. The number of carbonyl (C=O) groups excluding carboxylic acids is 2. The molecule has 0 spiro atoms. The van der Waals surface area contributed by atoms with Crippen LogP contribution in [0.3, 0.4) is 0 Å². The predicted molar refractivity (Wildman–Crippen MR) is 112 cm³/mol. The molecule has 1 aliphatic heterocycles. The van der Waals surface area contributed by atoms with Gasteiger partial charge in [0.1, 0.15) is 28.8 Å². The number of fused-ring (bicyclic) bond motifs is 2. The Kier molecular flexibility index (Phi) is 4.77. The zero-order valence-corrected chi connectivity index (χ0v) is 17.8. The van der Waals surface area contributed by atoms with Gasteiger partial charge in [0.15, 0.2) is 11.5 Å². The fraction of sp³-hybridized carbons (Fsp3) is 0.632. The van der Waals surface area contributed by atoms with Crippen LogP contribution in [0.2, 0.25) is 0 Å². The van der Waals surface area contributed by atoms with Gasteiger partial charge >= 0.3 is 0 Å². The summed E-state index contributed by atoms with van der Waals surface area (Å²) in [6.45, 7) is 0.0514. The predicted octanol–water partition coefficient (Wildman–Crippen LogP) is 1.63. The van der Waals surface area contributed by atoms with Gasteiger partial charge in [-0.2, -0.15) is 0 Å². The van der Waals surface area contributed by atoms with Gasteiger partial charge in [-0.1, -0.05) is 0 Å². The number of hydrogen-bond donors (Lipinski definition) is 2. The largest absolute Gasteiger partial charge is 0.382 e. The van der Waals surface area contributed by atoms with Crippen molar-refractivity contribution < 1.29 is 9.59 Å². The molecule has 3 heterocycles. The first-order valence-corrected chi connectivity index (χ1v) is 11.0. The van der Waals surface area contributed by atoms with Gasteiger partial charge in [0.25, 0.3) is 0 Å². The van der Waals surface area contributed by atoms with Gasteiger partial charge in [-0.25, -0.2) is 15.0 Å². The van der Waals surface area contributed by atoms with Crippen molar-refractivity contribution in [3.8, 4) is 0 Å². The van der Waals surface area contributed by atoms with E-state index in [1.54, 1.807) is 9.47 Å². The molecule has 11 heteroatoms. The first-order chi connectivity index (χ1) is 14.3. The van der Waals surface area contributed by atoms with E-state index in [4.69, 9.17) is 28.9 Å². The molecule has 1 saturated heterocycles. The van der Waals surface area contributed by atoms with E-state index < -0.39 is 10.4 Å². The van der Waals surface area contributed by atoms with Crippen LogP contribution in [0.4, 0.5) is 5.82 Å². The summed E-state index contributed by atoms with van der Waals surface area (Å²) in [7, 11) is 0. The topological polar surface area (TPSA) is 119 Å². The molecule has 2 aromatic rings. The number of alkyl halides is 2. The van der Waals surface area contributed by atoms with Gasteiger partial charge in [-0.05, 0) is 38.0 Å². The zero-order chi connectivity index (χ0) is 21.0. The van der Waals surface area contributed by atoms with Gasteiger partial charge in [0.2, 0.25) is 11.8 Å². The fourth-order valence-electron chi connectivity index (χ4n) is 4.88. The first-order valence-electron chi connectivity index (χ1n) is 10.2. The maximum atomic E-state index is 13.2. The first kappa shape index (κ1) is 19.8. The molecule has 160 valence electrons. The van der Waals surface area contributed by atoms with Gasteiger partial charge in [-0.15, -0.1) is 23.2 Å². The molecule has 3 aliphatic rings. The third kappa shape index (κ3) is 3.58. The molecule has 2 amide bonds. The van der Waals surface area contributed by atoms with E-state index in [-0.39, 0.29) is 36.3 Å². The lowest BCUT2D eigenvalue weighted by Gasteiger charge is -2.34. The van der Waals surface area contributed by atoms with Crippen molar-refractivity contribution in [1.29, 1.82) is 0 Å². The number of anilines is 1. The molecule has 3 N–H and O–H groups in total. The normalized spacial score (nSPS) is 29.6. The minimum absolute atomic E-state index is 0.0514. The lowest BCUT2D eigenvalue weighted by molar-refractivity contribution is -0.140. The van der Waals surface area contributed by atoms with Crippen LogP contribution in [0.5, 0.6) is 0 Å². The third-order valence-corrected chi connectivity index (χ3v) is 7.10. The van der Waals surface area contributed by atoms with Crippen molar-refractivity contribution in [1.82, 2.24) is 29.7 Å². The lowest BCUT2D eigenvalue weighted by atomic mass is 9.94. The van der Waals surface area contributed by atoms with E-state index in [1.807, 2.05) is 0 Å². The van der Waals surface area contributed by atoms with Crippen LogP contribution < -0.4 is 11.1 Å². The van der Waals surface area contributed by atoms with E-state index in [2.05, 4.69) is 20.3 Å². The van der Waals surface area contributed by atoms with Crippen LogP contribution >= 0.6 is 23.2 Å². The van der Waals surface area contributed by atoms with Gasteiger partial charge in [-0.3, -0.25) is 9.59 Å². The van der Waals surface area contributed by atoms with Gasteiger partial charge < -0.3 is 20.5 Å². The van der Waals surface area contributed by atoms with Crippen LogP contribution in [0.15, 0.2) is 12.7 Å². The number of nitrogens with one attached hydrogen (secondary N) is 1. The molecule has 4 atom stereocenters. The summed E-state index contributed by atoms with van der Waals surface area (Å²) in [5, 5.41) is 3.08. The highest BCUT2D eigenvalue weighted by atomic mass is 35.5. The molecular formula is C19H23Cl2N7O2. The Hall–Kier alpha value is -2.13. The Balaban J connectivity index is 1.29. The van der Waals surface area contributed by atoms with Crippen LogP contribution in [0, 0.1) is 5.92 Å². The van der Waals surface area contributed by atoms with Crippen molar-refractivity contribution in [2.45, 2.75) is 67.5 Å². The number of rotatable bonds is 4. The van der Waals surface area contributed by atoms with Gasteiger partial charge in [0.05, 0.1) is 6.33 Å². The number of nitrogens with two attached hydrogens (primary N) is 1. The number of nitrogen functional groups attached to an aromatic ring is 1. The zero-order valence-electron chi connectivity index (χ0n) is 16.3. The van der Waals surface area contributed by atoms with E-state index in [1.165, 1.54) is 12.7 Å². The summed E-state index contributed by atoms with van der Waals surface area (Å²) in [5.41, 5.74) is 6.80. The highest BCUT2D eigenvalue weighted by molar-refractivity contribution is 6.48. The second kappa shape index (κ2) is 7.23. The van der Waals surface area contributed by atoms with E-state index in [0.29, 0.717) is 29.9 Å². The molecule has 0 bridgehead atoms. The Morgan fingerprint density at radius 3 is 2.90 bits per heavy atom. The number of hydrogen-bond acceptors (Lipinski definition) is 6. The van der Waals surface area contributed by atoms with Gasteiger partial charge in [0, 0.05) is 18.5 Å². The Morgan fingerprint density at radius 1 is 1.27 bits per heavy atom. The minimum Gasteiger partial charge on any atom is -0.382 e. The molecule has 2 aliphatic carbocycles. The number of aromatic nitrogens is 4. The van der Waals surface area contributed by atoms with Crippen molar-refractivity contribution in [3.63, 3.8) is 0 Å². The van der Waals surface area contributed by atoms with E-state index in [9.17, 15) is 9.59 Å². The smallest absolute Gasteiger partial charge is 0.243 e. The average molecular weight is 452 g/mol. The number of imidazole rings is 1. The maximum absolute atomic E-state index is 13.2. The SMILES string of the molecule is Nc1ncnc2c1ncn2CC(=O)N1[C@@H]2C[C@@H]2C[C@H]1C(=O)NC1CCCC(Cl)(Cl)C1. The molecule has 30 heavy (non-hydrogen) atoms. The number of nitrogens with zero attached hydrogens (tertiary/aromatic N) is 5. The lowest BCUT2D eigenvalue weighted by Crippen LogP contribution is -2.52. The molecule has 1 unspecified atom stereocenters. The number of likely N-dealkylation sites (tertiary alicyclic amines) is 1. The highest BCUT2D eigenvalue weighted by Gasteiger charge is 2.56. The summed E-state index contributed by atoms with van der Waals surface area (Å²) in [6, 6.07) is -0.390. The Labute approximate surface area is 183 Å². The van der Waals surface area contributed by atoms with Crippen molar-refractivity contribution in [2.75, 3.05) is 5.73 Å². The third-order valence-electron chi connectivity index (χ3n) is 6.42. The molecule has 9 nitrogen and oxygen atoms in total. The summed E-state index contributed by atoms with van der Waals surface area (Å²) in [5.74, 6) is 0.431. The van der Waals surface area contributed by atoms with Crippen LogP contribution in [-0.4, -0.2) is 58.7 Å². The summed E-state index contributed by atoms with van der Waals surface area (Å²) in [6.07, 6.45) is 7.50. The van der Waals surface area contributed by atoms with Crippen LogP contribution in [0.25, 0.3) is 11.2 Å². The molecule has 2 saturated carbocycles. The quantitative estimate of drug-likeness (QED) is 0.681. The number of carbonyl (C=O) groups is 2. The van der Waals surface area contributed by atoms with Crippen LogP contribution in [-0.2, 0) is 16.1 Å². The molecule has 0 radical (unpaired) electrons. The standard InChI is InChI=1S/C19H23Cl2N7O2/c20-19(21)3-1-2-11(6-19)26-18(30)13-5-10-4-12(10)28(13)14(29)7-27-9-25-15-16(22)23-8-24-17(15)27/h8-13H,1-7H2,(H,26,30)(H2,22,23,24)/t10-,11?,12-,13+/m1/s1. The molecule has 0 aromatic carbocycles.